The van der Waals surface area contributed by atoms with Crippen LogP contribution in [0.25, 0.3) is 10.9 Å². The molecular weight excluding hydrogens is 276 g/mol. The Morgan fingerprint density at radius 3 is 2.95 bits per heavy atom. The molecule has 1 aliphatic rings. The molecule has 2 N–H and O–H groups in total. The van der Waals surface area contributed by atoms with Crippen LogP contribution in [-0.2, 0) is 11.2 Å². The van der Waals surface area contributed by atoms with Gasteiger partial charge < -0.3 is 15.0 Å². The van der Waals surface area contributed by atoms with Crippen LogP contribution in [0.4, 0.5) is 5.69 Å². The largest absolute Gasteiger partial charge is 0.480 e. The predicted octanol–water partition coefficient (Wildman–Crippen LogP) is 3.42. The highest BCUT2D eigenvalue weighted by molar-refractivity contribution is 6.02. The molecule has 0 saturated heterocycles. The molecule has 4 rings (SSSR count). The van der Waals surface area contributed by atoms with Crippen molar-refractivity contribution in [3.05, 3.63) is 59.8 Å². The van der Waals surface area contributed by atoms with Crippen LogP contribution in [0.1, 0.15) is 11.3 Å². The Bertz CT molecular complexity index is 841. The number of amides is 1. The summed E-state index contributed by atoms with van der Waals surface area (Å²) in [7, 11) is 0. The van der Waals surface area contributed by atoms with Crippen molar-refractivity contribution in [3.63, 3.8) is 0 Å². The third kappa shape index (κ3) is 2.13. The molecule has 110 valence electrons. The summed E-state index contributed by atoms with van der Waals surface area (Å²) in [5.41, 5.74) is 3.89. The van der Waals surface area contributed by atoms with Gasteiger partial charge in [0, 0.05) is 17.5 Å². The molecule has 0 radical (unpaired) electrons. The van der Waals surface area contributed by atoms with Crippen molar-refractivity contribution < 1.29 is 9.53 Å². The van der Waals surface area contributed by atoms with E-state index in [4.69, 9.17) is 4.74 Å². The second-order valence-electron chi connectivity index (χ2n) is 5.63. The van der Waals surface area contributed by atoms with E-state index in [1.54, 1.807) is 0 Å². The average Bonchev–Trinajstić information content (AvgIpc) is 3.10. The summed E-state index contributed by atoms with van der Waals surface area (Å²) in [5, 5.41) is 4.07. The van der Waals surface area contributed by atoms with Crippen LogP contribution in [0.2, 0.25) is 0 Å². The van der Waals surface area contributed by atoms with Gasteiger partial charge in [-0.15, -0.1) is 0 Å². The van der Waals surface area contributed by atoms with E-state index in [-0.39, 0.29) is 5.91 Å². The highest BCUT2D eigenvalue weighted by Crippen LogP contribution is 2.29. The van der Waals surface area contributed by atoms with Crippen molar-refractivity contribution in [2.24, 2.45) is 0 Å². The van der Waals surface area contributed by atoms with E-state index in [1.165, 1.54) is 0 Å². The lowest BCUT2D eigenvalue weighted by Gasteiger charge is -2.12. The molecule has 0 bridgehead atoms. The average molecular weight is 292 g/mol. The van der Waals surface area contributed by atoms with Gasteiger partial charge in [0.05, 0.1) is 11.2 Å². The first kappa shape index (κ1) is 13.0. The van der Waals surface area contributed by atoms with Gasteiger partial charge in [-0.25, -0.2) is 0 Å². The van der Waals surface area contributed by atoms with Crippen LogP contribution in [-0.4, -0.2) is 17.0 Å². The van der Waals surface area contributed by atoms with Crippen LogP contribution < -0.4 is 10.1 Å². The van der Waals surface area contributed by atoms with Gasteiger partial charge in [0.15, 0.2) is 6.10 Å². The number of carbonyl (C=O) groups is 1. The van der Waals surface area contributed by atoms with Gasteiger partial charge in [-0.3, -0.25) is 4.79 Å². The normalized spacial score (nSPS) is 16.3. The molecule has 1 amide bonds. The second kappa shape index (κ2) is 4.91. The molecule has 1 aliphatic heterocycles. The minimum Gasteiger partial charge on any atom is -0.480 e. The van der Waals surface area contributed by atoms with Crippen LogP contribution in [0.3, 0.4) is 0 Å². The van der Waals surface area contributed by atoms with E-state index in [0.717, 1.165) is 33.6 Å². The summed E-state index contributed by atoms with van der Waals surface area (Å²) in [4.78, 5) is 15.8. The van der Waals surface area contributed by atoms with Gasteiger partial charge >= 0.3 is 0 Å². The van der Waals surface area contributed by atoms with Crippen molar-refractivity contribution in [2.75, 3.05) is 5.32 Å². The minimum absolute atomic E-state index is 0.115. The SMILES string of the molecule is Cc1cc2cccc(NC(=O)C3Cc4ccccc4O3)c2[nH]1. The topological polar surface area (TPSA) is 54.1 Å². The van der Waals surface area contributed by atoms with Gasteiger partial charge in [0.25, 0.3) is 5.91 Å². The molecule has 3 aromatic rings. The molecular formula is C18H16N2O2. The predicted molar refractivity (Wildman–Crippen MR) is 86.2 cm³/mol. The maximum atomic E-state index is 12.5. The molecule has 2 aromatic carbocycles. The Balaban J connectivity index is 1.57. The Labute approximate surface area is 128 Å². The Kier molecular flexibility index (Phi) is 2.89. The number of ether oxygens (including phenoxy) is 1. The maximum absolute atomic E-state index is 12.5. The number of aromatic nitrogens is 1. The van der Waals surface area contributed by atoms with Crippen LogP contribution >= 0.6 is 0 Å². The third-order valence-corrected chi connectivity index (χ3v) is 3.99. The van der Waals surface area contributed by atoms with Crippen LogP contribution in [0, 0.1) is 6.92 Å². The molecule has 0 fully saturated rings. The Morgan fingerprint density at radius 2 is 2.09 bits per heavy atom. The molecule has 0 spiro atoms. The molecule has 1 atom stereocenters. The summed E-state index contributed by atoms with van der Waals surface area (Å²) >= 11 is 0. The number of fused-ring (bicyclic) bond motifs is 2. The van der Waals surface area contributed by atoms with E-state index in [9.17, 15) is 4.79 Å². The first-order chi connectivity index (χ1) is 10.7. The Hall–Kier alpha value is -2.75. The number of anilines is 1. The summed E-state index contributed by atoms with van der Waals surface area (Å²) in [5.74, 6) is 0.688. The molecule has 0 saturated carbocycles. The number of carbonyl (C=O) groups excluding carboxylic acids is 1. The van der Waals surface area contributed by atoms with E-state index in [0.29, 0.717) is 6.42 Å². The van der Waals surface area contributed by atoms with Crippen molar-refractivity contribution in [3.8, 4) is 5.75 Å². The fraction of sp³-hybridized carbons (Fsp3) is 0.167. The fourth-order valence-corrected chi connectivity index (χ4v) is 2.94. The van der Waals surface area contributed by atoms with Gasteiger partial charge in [-0.1, -0.05) is 30.3 Å². The summed E-state index contributed by atoms with van der Waals surface area (Å²) < 4.78 is 5.74. The molecule has 0 aliphatic carbocycles. The van der Waals surface area contributed by atoms with Gasteiger partial charge in [-0.05, 0) is 30.7 Å². The minimum atomic E-state index is -0.469. The zero-order valence-electron chi connectivity index (χ0n) is 12.2. The lowest BCUT2D eigenvalue weighted by atomic mass is 10.1. The number of para-hydroxylation sites is 2. The van der Waals surface area contributed by atoms with Crippen LogP contribution in [0.15, 0.2) is 48.5 Å². The maximum Gasteiger partial charge on any atom is 0.265 e. The Morgan fingerprint density at radius 1 is 1.23 bits per heavy atom. The quantitative estimate of drug-likeness (QED) is 0.760. The van der Waals surface area contributed by atoms with Gasteiger partial charge in [-0.2, -0.15) is 0 Å². The molecule has 4 heteroatoms. The highest BCUT2D eigenvalue weighted by Gasteiger charge is 2.29. The van der Waals surface area contributed by atoms with Gasteiger partial charge in [0.2, 0.25) is 0 Å². The first-order valence-corrected chi connectivity index (χ1v) is 7.34. The smallest absolute Gasteiger partial charge is 0.265 e. The number of H-pyrrole nitrogens is 1. The summed E-state index contributed by atoms with van der Waals surface area (Å²) in [6.07, 6.45) is 0.144. The number of benzene rings is 2. The number of aromatic amines is 1. The van der Waals surface area contributed by atoms with Crippen LogP contribution in [0.5, 0.6) is 5.75 Å². The fourth-order valence-electron chi connectivity index (χ4n) is 2.94. The molecule has 2 heterocycles. The summed E-state index contributed by atoms with van der Waals surface area (Å²) in [6, 6.07) is 15.7. The molecule has 4 nitrogen and oxygen atoms in total. The molecule has 22 heavy (non-hydrogen) atoms. The lowest BCUT2D eigenvalue weighted by molar-refractivity contribution is -0.122. The van der Waals surface area contributed by atoms with Crippen molar-refractivity contribution in [2.45, 2.75) is 19.4 Å². The van der Waals surface area contributed by atoms with Crippen molar-refractivity contribution in [1.82, 2.24) is 4.98 Å². The van der Waals surface area contributed by atoms with E-state index >= 15 is 0 Å². The van der Waals surface area contributed by atoms with Gasteiger partial charge in [0.1, 0.15) is 5.75 Å². The summed E-state index contributed by atoms with van der Waals surface area (Å²) in [6.45, 7) is 2.00. The number of nitrogens with one attached hydrogen (secondary N) is 2. The van der Waals surface area contributed by atoms with E-state index < -0.39 is 6.10 Å². The third-order valence-electron chi connectivity index (χ3n) is 3.99. The number of hydrogen-bond donors (Lipinski definition) is 2. The highest BCUT2D eigenvalue weighted by atomic mass is 16.5. The number of hydrogen-bond acceptors (Lipinski definition) is 2. The monoisotopic (exact) mass is 292 g/mol. The van der Waals surface area contributed by atoms with Crippen molar-refractivity contribution >= 4 is 22.5 Å². The van der Waals surface area contributed by atoms with E-state index in [1.807, 2.05) is 49.4 Å². The number of rotatable bonds is 2. The number of aryl methyl sites for hydroxylation is 1. The molecule has 1 unspecified atom stereocenters. The molecule has 1 aromatic heterocycles. The lowest BCUT2D eigenvalue weighted by Crippen LogP contribution is -2.31. The van der Waals surface area contributed by atoms with E-state index in [2.05, 4.69) is 16.4 Å². The van der Waals surface area contributed by atoms with Crippen molar-refractivity contribution in [1.29, 1.82) is 0 Å². The zero-order valence-corrected chi connectivity index (χ0v) is 12.2. The zero-order chi connectivity index (χ0) is 15.1. The standard InChI is InChI=1S/C18H16N2O2/c1-11-9-13-6-4-7-14(17(13)19-11)20-18(21)16-10-12-5-2-3-8-15(12)22-16/h2-9,16,19H,10H2,1H3,(H,20,21). The second-order valence-corrected chi connectivity index (χ2v) is 5.63. The first-order valence-electron chi connectivity index (χ1n) is 7.34.